The van der Waals surface area contributed by atoms with Gasteiger partial charge in [-0.15, -0.1) is 10.2 Å². The molecule has 0 aliphatic rings. The number of aromatic nitrogens is 2. The van der Waals surface area contributed by atoms with Gasteiger partial charge in [-0.1, -0.05) is 36.4 Å². The topological polar surface area (TPSA) is 58.1 Å². The predicted octanol–water partition coefficient (Wildman–Crippen LogP) is 4.20. The lowest BCUT2D eigenvalue weighted by Gasteiger charge is -2.21. The number of rotatable bonds is 5. The number of hydrogen-bond acceptors (Lipinski definition) is 4. The van der Waals surface area contributed by atoms with E-state index in [1.807, 2.05) is 61.5 Å². The normalized spacial score (nSPS) is 10.3. The van der Waals surface area contributed by atoms with Crippen LogP contribution in [0.5, 0.6) is 0 Å². The van der Waals surface area contributed by atoms with Gasteiger partial charge in [0.1, 0.15) is 0 Å². The molecule has 5 nitrogen and oxygen atoms in total. The molecule has 1 N–H and O–H groups in total. The number of carbonyl (C=O) groups is 1. The van der Waals surface area contributed by atoms with E-state index in [-0.39, 0.29) is 5.91 Å². The second-order valence-electron chi connectivity index (χ2n) is 5.63. The second-order valence-corrected chi connectivity index (χ2v) is 5.63. The van der Waals surface area contributed by atoms with Crippen LogP contribution in [0.2, 0.25) is 0 Å². The zero-order valence-electron chi connectivity index (χ0n) is 14.3. The fourth-order valence-corrected chi connectivity index (χ4v) is 2.63. The molecule has 25 heavy (non-hydrogen) atoms. The van der Waals surface area contributed by atoms with Crippen molar-refractivity contribution in [3.8, 4) is 0 Å². The maximum atomic E-state index is 12.3. The van der Waals surface area contributed by atoms with Crippen molar-refractivity contribution < 1.29 is 4.79 Å². The second kappa shape index (κ2) is 7.57. The predicted molar refractivity (Wildman–Crippen MR) is 100 cm³/mol. The van der Waals surface area contributed by atoms with E-state index in [4.69, 9.17) is 0 Å². The van der Waals surface area contributed by atoms with Crippen molar-refractivity contribution in [2.24, 2.45) is 0 Å². The van der Waals surface area contributed by atoms with Gasteiger partial charge in [0.25, 0.3) is 5.91 Å². The van der Waals surface area contributed by atoms with Gasteiger partial charge in [-0.25, -0.2) is 0 Å². The Hall–Kier alpha value is -3.21. The van der Waals surface area contributed by atoms with Crippen molar-refractivity contribution in [1.29, 1.82) is 0 Å². The summed E-state index contributed by atoms with van der Waals surface area (Å²) in [4.78, 5) is 14.4. The maximum absolute atomic E-state index is 12.3. The molecule has 0 aliphatic carbocycles. The van der Waals surface area contributed by atoms with E-state index < -0.39 is 0 Å². The molecule has 0 saturated heterocycles. The summed E-state index contributed by atoms with van der Waals surface area (Å²) in [6, 6.07) is 21.1. The van der Waals surface area contributed by atoms with Gasteiger partial charge >= 0.3 is 0 Å². The highest BCUT2D eigenvalue weighted by atomic mass is 16.1. The third-order valence-corrected chi connectivity index (χ3v) is 3.94. The number of anilines is 3. The minimum Gasteiger partial charge on any atom is -0.325 e. The van der Waals surface area contributed by atoms with E-state index in [1.54, 1.807) is 12.1 Å². The number of aryl methyl sites for hydroxylation is 1. The number of benzene rings is 2. The van der Waals surface area contributed by atoms with Gasteiger partial charge in [-0.2, -0.15) is 0 Å². The van der Waals surface area contributed by atoms with Crippen LogP contribution in [0, 0.1) is 6.92 Å². The molecule has 2 aromatic carbocycles. The van der Waals surface area contributed by atoms with Crippen LogP contribution < -0.4 is 10.2 Å². The molecule has 0 spiro atoms. The lowest BCUT2D eigenvalue weighted by atomic mass is 10.1. The van der Waals surface area contributed by atoms with Crippen LogP contribution in [0.25, 0.3) is 0 Å². The molecule has 0 radical (unpaired) electrons. The summed E-state index contributed by atoms with van der Waals surface area (Å²) in [5.74, 6) is 0.985. The average molecular weight is 332 g/mol. The van der Waals surface area contributed by atoms with Crippen molar-refractivity contribution in [3.63, 3.8) is 0 Å². The van der Waals surface area contributed by atoms with Gasteiger partial charge in [0, 0.05) is 17.8 Å². The Labute approximate surface area is 147 Å². The van der Waals surface area contributed by atoms with E-state index in [1.165, 1.54) is 0 Å². The lowest BCUT2D eigenvalue weighted by molar-refractivity contribution is 0.102. The summed E-state index contributed by atoms with van der Waals surface area (Å²) >= 11 is 0. The molecule has 0 unspecified atom stereocenters. The number of amides is 1. The first-order valence-electron chi connectivity index (χ1n) is 8.22. The van der Waals surface area contributed by atoms with Crippen LogP contribution in [0.4, 0.5) is 17.3 Å². The van der Waals surface area contributed by atoms with Gasteiger partial charge in [-0.3, -0.25) is 4.79 Å². The Balaban J connectivity index is 1.76. The zero-order chi connectivity index (χ0) is 17.6. The van der Waals surface area contributed by atoms with E-state index in [2.05, 4.69) is 27.3 Å². The van der Waals surface area contributed by atoms with Crippen LogP contribution in [0.3, 0.4) is 0 Å². The van der Waals surface area contributed by atoms with E-state index >= 15 is 0 Å². The van der Waals surface area contributed by atoms with Gasteiger partial charge in [0.05, 0.1) is 0 Å². The summed E-state index contributed by atoms with van der Waals surface area (Å²) in [7, 11) is 0. The standard InChI is InChI=1S/C20H20N4O/c1-3-24(16-10-5-4-6-11-16)19-14-13-18(22-23-19)21-20(25)17-12-8-7-9-15(17)2/h4-14H,3H2,1-2H3,(H,21,22,25). The number of hydrogen-bond donors (Lipinski definition) is 1. The van der Waals surface area contributed by atoms with E-state index in [0.717, 1.165) is 23.6 Å². The van der Waals surface area contributed by atoms with Crippen LogP contribution in [-0.4, -0.2) is 22.6 Å². The Morgan fingerprint density at radius 3 is 2.32 bits per heavy atom. The van der Waals surface area contributed by atoms with Crippen molar-refractivity contribution >= 4 is 23.2 Å². The molecule has 3 aromatic rings. The lowest BCUT2D eigenvalue weighted by Crippen LogP contribution is -2.19. The molecule has 0 bridgehead atoms. The highest BCUT2D eigenvalue weighted by molar-refractivity contribution is 6.04. The highest BCUT2D eigenvalue weighted by Gasteiger charge is 2.12. The van der Waals surface area contributed by atoms with Crippen molar-refractivity contribution in [3.05, 3.63) is 77.9 Å². The van der Waals surface area contributed by atoms with Crippen LogP contribution >= 0.6 is 0 Å². The smallest absolute Gasteiger partial charge is 0.257 e. The molecular formula is C20H20N4O. The molecule has 0 fully saturated rings. The van der Waals surface area contributed by atoms with Gasteiger partial charge < -0.3 is 10.2 Å². The Morgan fingerprint density at radius 2 is 1.68 bits per heavy atom. The molecule has 3 rings (SSSR count). The van der Waals surface area contributed by atoms with Crippen LogP contribution in [0.1, 0.15) is 22.8 Å². The molecule has 5 heteroatoms. The highest BCUT2D eigenvalue weighted by Crippen LogP contribution is 2.22. The van der Waals surface area contributed by atoms with Gasteiger partial charge in [-0.05, 0) is 49.7 Å². The molecule has 0 aliphatic heterocycles. The minimum atomic E-state index is -0.185. The molecule has 126 valence electrons. The number of nitrogens with zero attached hydrogens (tertiary/aromatic N) is 3. The van der Waals surface area contributed by atoms with Crippen molar-refractivity contribution in [2.75, 3.05) is 16.8 Å². The number of nitrogens with one attached hydrogen (secondary N) is 1. The molecule has 1 heterocycles. The SMILES string of the molecule is CCN(c1ccccc1)c1ccc(NC(=O)c2ccccc2C)nn1. The Bertz CT molecular complexity index is 847. The summed E-state index contributed by atoms with van der Waals surface area (Å²) in [6.45, 7) is 4.73. The first-order valence-corrected chi connectivity index (χ1v) is 8.22. The average Bonchev–Trinajstić information content (AvgIpc) is 2.65. The summed E-state index contributed by atoms with van der Waals surface area (Å²) in [6.07, 6.45) is 0. The van der Waals surface area contributed by atoms with Crippen LogP contribution in [-0.2, 0) is 0 Å². The quantitative estimate of drug-likeness (QED) is 0.761. The van der Waals surface area contributed by atoms with E-state index in [9.17, 15) is 4.79 Å². The molecule has 0 atom stereocenters. The number of para-hydroxylation sites is 1. The van der Waals surface area contributed by atoms with Gasteiger partial charge in [0.2, 0.25) is 0 Å². The summed E-state index contributed by atoms with van der Waals surface area (Å²) < 4.78 is 0. The molecule has 1 aromatic heterocycles. The Morgan fingerprint density at radius 1 is 0.960 bits per heavy atom. The third kappa shape index (κ3) is 3.83. The first-order chi connectivity index (χ1) is 12.2. The zero-order valence-corrected chi connectivity index (χ0v) is 14.3. The maximum Gasteiger partial charge on any atom is 0.257 e. The summed E-state index contributed by atoms with van der Waals surface area (Å²) in [5, 5.41) is 11.2. The molecular weight excluding hydrogens is 312 g/mol. The fourth-order valence-electron chi connectivity index (χ4n) is 2.63. The fraction of sp³-hybridized carbons (Fsp3) is 0.150. The van der Waals surface area contributed by atoms with Crippen LogP contribution in [0.15, 0.2) is 66.7 Å². The minimum absolute atomic E-state index is 0.185. The third-order valence-electron chi connectivity index (χ3n) is 3.94. The largest absolute Gasteiger partial charge is 0.325 e. The van der Waals surface area contributed by atoms with Crippen molar-refractivity contribution in [1.82, 2.24) is 10.2 Å². The first kappa shape index (κ1) is 16.6. The van der Waals surface area contributed by atoms with E-state index in [0.29, 0.717) is 11.4 Å². The van der Waals surface area contributed by atoms with Gasteiger partial charge in [0.15, 0.2) is 11.6 Å². The molecule has 1 amide bonds. The van der Waals surface area contributed by atoms with Crippen molar-refractivity contribution in [2.45, 2.75) is 13.8 Å². The monoisotopic (exact) mass is 332 g/mol. The Kier molecular flexibility index (Phi) is 5.04. The summed E-state index contributed by atoms with van der Waals surface area (Å²) in [5.41, 5.74) is 2.61. The number of carbonyl (C=O) groups excluding carboxylic acids is 1. The molecule has 0 saturated carbocycles.